The maximum absolute atomic E-state index is 13.1. The zero-order chi connectivity index (χ0) is 29.1. The summed E-state index contributed by atoms with van der Waals surface area (Å²) in [5.41, 5.74) is -1.81. The minimum Gasteiger partial charge on any atom is -0.328 e. The van der Waals surface area contributed by atoms with Gasteiger partial charge in [0.25, 0.3) is 11.8 Å². The maximum atomic E-state index is 13.1. The molecule has 2 saturated heterocycles. The Morgan fingerprint density at radius 3 is 1.67 bits per heavy atom. The van der Waals surface area contributed by atoms with Crippen LogP contribution in [0, 0.1) is 0 Å². The molecule has 1 unspecified atom stereocenters. The molecule has 0 bridgehead atoms. The molecule has 0 spiro atoms. The van der Waals surface area contributed by atoms with Gasteiger partial charge < -0.3 is 15.1 Å². The van der Waals surface area contributed by atoms with Crippen molar-refractivity contribution >= 4 is 23.9 Å². The van der Waals surface area contributed by atoms with Crippen LogP contribution >= 0.6 is 0 Å². The van der Waals surface area contributed by atoms with Crippen LogP contribution in [0.25, 0.3) is 0 Å². The largest absolute Gasteiger partial charge is 0.328 e. The third-order valence-corrected chi connectivity index (χ3v) is 8.36. The van der Waals surface area contributed by atoms with E-state index in [9.17, 15) is 19.2 Å². The Labute approximate surface area is 237 Å². The van der Waals surface area contributed by atoms with Crippen molar-refractivity contribution in [2.24, 2.45) is 0 Å². The number of nitrogens with one attached hydrogen (secondary N) is 2. The average Bonchev–Trinajstić information content (AvgIpc) is 3.19. The fourth-order valence-corrected chi connectivity index (χ4v) is 5.68. The third-order valence-electron chi connectivity index (χ3n) is 8.36. The molecule has 1 atom stereocenters. The van der Waals surface area contributed by atoms with Crippen LogP contribution in [-0.4, -0.2) is 89.5 Å². The highest BCUT2D eigenvalue weighted by atomic mass is 16.2. The van der Waals surface area contributed by atoms with E-state index in [0.29, 0.717) is 32.4 Å². The van der Waals surface area contributed by atoms with E-state index in [1.54, 1.807) is 20.8 Å². The van der Waals surface area contributed by atoms with Crippen molar-refractivity contribution in [1.82, 2.24) is 20.4 Å². The van der Waals surface area contributed by atoms with E-state index in [2.05, 4.69) is 31.7 Å². The summed E-state index contributed by atoms with van der Waals surface area (Å²) in [7, 11) is 4.46. The first-order valence-corrected chi connectivity index (χ1v) is 15.4. The number of quaternary nitrogens is 1. The molecule has 0 aromatic carbocycles. The van der Waals surface area contributed by atoms with Gasteiger partial charge in [0, 0.05) is 19.5 Å². The molecule has 39 heavy (non-hydrogen) atoms. The average molecular weight is 551 g/mol. The summed E-state index contributed by atoms with van der Waals surface area (Å²) in [6, 6.07) is -0.694. The van der Waals surface area contributed by atoms with Crippen LogP contribution in [0.2, 0.25) is 0 Å². The summed E-state index contributed by atoms with van der Waals surface area (Å²) < 4.78 is 0.900. The minimum absolute atomic E-state index is 0.177. The highest BCUT2D eigenvalue weighted by Gasteiger charge is 2.47. The number of carbonyl (C=O) groups is 4. The van der Waals surface area contributed by atoms with Gasteiger partial charge in [0.15, 0.2) is 0 Å². The molecular weight excluding hydrogens is 494 g/mol. The van der Waals surface area contributed by atoms with Gasteiger partial charge in [-0.15, -0.1) is 0 Å². The summed E-state index contributed by atoms with van der Waals surface area (Å²) in [5, 5.41) is 5.56. The Morgan fingerprint density at radius 1 is 0.615 bits per heavy atom. The van der Waals surface area contributed by atoms with Crippen molar-refractivity contribution in [3.05, 3.63) is 0 Å². The van der Waals surface area contributed by atoms with Gasteiger partial charge in [0.05, 0.1) is 27.2 Å². The first kappa shape index (κ1) is 33.0. The molecule has 0 saturated carbocycles. The summed E-state index contributed by atoms with van der Waals surface area (Å²) >= 11 is 0. The molecule has 224 valence electrons. The molecule has 2 aliphatic heterocycles. The fraction of sp³-hybridized carbons (Fsp3) is 0.867. The molecule has 0 aromatic heterocycles. The molecule has 9 nitrogen and oxygen atoms in total. The first-order chi connectivity index (χ1) is 18.3. The number of carbonyl (C=O) groups excluding carboxylic acids is 4. The molecule has 6 amide bonds. The quantitative estimate of drug-likeness (QED) is 0.124. The Hall–Kier alpha value is -2.16. The highest BCUT2D eigenvalue weighted by molar-refractivity contribution is 6.07. The van der Waals surface area contributed by atoms with Crippen molar-refractivity contribution in [3.8, 4) is 0 Å². The van der Waals surface area contributed by atoms with Crippen LogP contribution < -0.4 is 10.6 Å². The fourth-order valence-electron chi connectivity index (χ4n) is 5.68. The van der Waals surface area contributed by atoms with Crippen LogP contribution in [-0.2, 0) is 9.59 Å². The van der Waals surface area contributed by atoms with E-state index >= 15 is 0 Å². The van der Waals surface area contributed by atoms with Crippen molar-refractivity contribution in [1.29, 1.82) is 0 Å². The number of hydrogen-bond donors (Lipinski definition) is 2. The van der Waals surface area contributed by atoms with Crippen LogP contribution in [0.5, 0.6) is 0 Å². The van der Waals surface area contributed by atoms with Gasteiger partial charge in [0.1, 0.15) is 11.1 Å². The second-order valence-electron chi connectivity index (χ2n) is 13.1. The zero-order valence-corrected chi connectivity index (χ0v) is 25.7. The summed E-state index contributed by atoms with van der Waals surface area (Å²) in [6.45, 7) is 10.2. The maximum Gasteiger partial charge on any atom is 0.325 e. The van der Waals surface area contributed by atoms with Crippen molar-refractivity contribution in [2.75, 3.05) is 40.3 Å². The molecule has 2 rings (SSSR count). The number of hydrogen-bond acceptors (Lipinski definition) is 4. The standard InChI is InChI=1S/C30H55N5O4/c1-7-8-9-10-11-12-13-14-15-18-23-35(5,6)24-19-22-34-26(37)30(4,32-28(34)39)20-16-17-21-33-25(36)29(2,3)31-27(33)38/h7-24H2,1-6H3,(H-,31,32,38,39)/p+1. The Balaban J connectivity index is 1.63. The lowest BCUT2D eigenvalue weighted by atomic mass is 9.94. The molecule has 2 heterocycles. The normalized spacial score (nSPS) is 21.2. The SMILES string of the molecule is CCCCCCCCCCCC[N+](C)(C)CCCN1C(=O)NC(C)(CCCCN2C(=O)NC(C)(C)C2=O)C1=O. The van der Waals surface area contributed by atoms with Gasteiger partial charge in [-0.3, -0.25) is 19.4 Å². The van der Waals surface area contributed by atoms with Gasteiger partial charge in [-0.1, -0.05) is 58.3 Å². The second-order valence-corrected chi connectivity index (χ2v) is 13.1. The van der Waals surface area contributed by atoms with E-state index in [4.69, 9.17) is 0 Å². The molecule has 9 heteroatoms. The van der Waals surface area contributed by atoms with Gasteiger partial charge in [-0.2, -0.15) is 0 Å². The Morgan fingerprint density at radius 2 is 1.10 bits per heavy atom. The molecule has 2 fully saturated rings. The number of nitrogens with zero attached hydrogens (tertiary/aromatic N) is 3. The van der Waals surface area contributed by atoms with Gasteiger partial charge in [-0.05, 0) is 52.9 Å². The monoisotopic (exact) mass is 550 g/mol. The predicted octanol–water partition coefficient (Wildman–Crippen LogP) is 5.19. The van der Waals surface area contributed by atoms with Gasteiger partial charge in [-0.25, -0.2) is 9.59 Å². The number of rotatable bonds is 20. The van der Waals surface area contributed by atoms with Crippen LogP contribution in [0.1, 0.15) is 118 Å². The van der Waals surface area contributed by atoms with E-state index in [0.717, 1.165) is 24.0 Å². The topological polar surface area (TPSA) is 98.8 Å². The molecule has 2 aliphatic rings. The lowest BCUT2D eigenvalue weighted by Gasteiger charge is -2.30. The van der Waals surface area contributed by atoms with Gasteiger partial charge >= 0.3 is 12.1 Å². The molecular formula is C30H56N5O4+. The lowest BCUT2D eigenvalue weighted by Crippen LogP contribution is -2.45. The second kappa shape index (κ2) is 15.0. The van der Waals surface area contributed by atoms with E-state index in [-0.39, 0.29) is 23.9 Å². The smallest absolute Gasteiger partial charge is 0.325 e. The summed E-state index contributed by atoms with van der Waals surface area (Å²) in [4.78, 5) is 52.7. The Kier molecular flexibility index (Phi) is 12.7. The highest BCUT2D eigenvalue weighted by Crippen LogP contribution is 2.25. The van der Waals surface area contributed by atoms with Crippen LogP contribution in [0.15, 0.2) is 0 Å². The zero-order valence-electron chi connectivity index (χ0n) is 25.7. The molecule has 0 aliphatic carbocycles. The minimum atomic E-state index is -0.937. The molecule has 2 N–H and O–H groups in total. The van der Waals surface area contributed by atoms with E-state index in [1.807, 2.05) is 0 Å². The van der Waals surface area contributed by atoms with Crippen molar-refractivity contribution in [3.63, 3.8) is 0 Å². The summed E-state index contributed by atoms with van der Waals surface area (Å²) in [5.74, 6) is -0.409. The third kappa shape index (κ3) is 10.1. The summed E-state index contributed by atoms with van der Waals surface area (Å²) in [6.07, 6.45) is 15.8. The molecule has 0 aromatic rings. The van der Waals surface area contributed by atoms with Crippen molar-refractivity contribution in [2.45, 2.75) is 129 Å². The van der Waals surface area contributed by atoms with E-state index < -0.39 is 11.1 Å². The first-order valence-electron chi connectivity index (χ1n) is 15.4. The number of amides is 6. The Bertz CT molecular complexity index is 843. The van der Waals surface area contributed by atoms with Crippen molar-refractivity contribution < 1.29 is 23.7 Å². The van der Waals surface area contributed by atoms with E-state index in [1.165, 1.54) is 74.0 Å². The van der Waals surface area contributed by atoms with Gasteiger partial charge in [0.2, 0.25) is 0 Å². The van der Waals surface area contributed by atoms with Crippen LogP contribution in [0.3, 0.4) is 0 Å². The van der Waals surface area contributed by atoms with Crippen LogP contribution in [0.4, 0.5) is 9.59 Å². The number of urea groups is 2. The predicted molar refractivity (Wildman–Crippen MR) is 155 cm³/mol. The number of unbranched alkanes of at least 4 members (excludes halogenated alkanes) is 10. The number of imide groups is 2. The molecule has 0 radical (unpaired) electrons. The lowest BCUT2D eigenvalue weighted by molar-refractivity contribution is -0.890.